The summed E-state index contributed by atoms with van der Waals surface area (Å²) >= 11 is 0. The van der Waals surface area contributed by atoms with E-state index in [1.54, 1.807) is 30.2 Å². The molecule has 0 atom stereocenters. The molecule has 7 nitrogen and oxygen atoms in total. The first-order valence-electron chi connectivity index (χ1n) is 6.00. The molecule has 0 bridgehead atoms. The molecule has 108 valence electrons. The van der Waals surface area contributed by atoms with Gasteiger partial charge < -0.3 is 15.5 Å². The Labute approximate surface area is 120 Å². The zero-order chi connectivity index (χ0) is 15.4. The third kappa shape index (κ3) is 3.69. The lowest BCUT2D eigenvalue weighted by atomic mass is 10.2. The van der Waals surface area contributed by atoms with Gasteiger partial charge in [0, 0.05) is 30.6 Å². The van der Waals surface area contributed by atoms with Gasteiger partial charge in [-0.2, -0.15) is 5.10 Å². The lowest BCUT2D eigenvalue weighted by molar-refractivity contribution is -0.111. The van der Waals surface area contributed by atoms with Crippen LogP contribution in [-0.2, 0) is 11.8 Å². The van der Waals surface area contributed by atoms with Gasteiger partial charge >= 0.3 is 5.97 Å². The van der Waals surface area contributed by atoms with Gasteiger partial charge in [0.2, 0.25) is 5.91 Å². The van der Waals surface area contributed by atoms with Crippen LogP contribution in [0.3, 0.4) is 0 Å². The minimum Gasteiger partial charge on any atom is -0.507 e. The van der Waals surface area contributed by atoms with E-state index >= 15 is 0 Å². The van der Waals surface area contributed by atoms with Crippen LogP contribution in [-0.4, -0.2) is 31.9 Å². The van der Waals surface area contributed by atoms with Crippen LogP contribution in [0.5, 0.6) is 5.75 Å². The molecule has 0 aliphatic heterocycles. The summed E-state index contributed by atoms with van der Waals surface area (Å²) in [5.41, 5.74) is 0.777. The van der Waals surface area contributed by atoms with E-state index in [4.69, 9.17) is 5.11 Å². The van der Waals surface area contributed by atoms with Gasteiger partial charge in [0.05, 0.1) is 6.20 Å². The number of hydrogen-bond acceptors (Lipinski definition) is 4. The van der Waals surface area contributed by atoms with Crippen LogP contribution >= 0.6 is 0 Å². The van der Waals surface area contributed by atoms with Crippen molar-refractivity contribution in [2.75, 3.05) is 5.32 Å². The minimum absolute atomic E-state index is 0.274. The van der Waals surface area contributed by atoms with Gasteiger partial charge in [-0.15, -0.1) is 0 Å². The van der Waals surface area contributed by atoms with E-state index in [1.165, 1.54) is 24.3 Å². The Morgan fingerprint density at radius 1 is 1.38 bits per heavy atom. The number of aromatic carboxylic acids is 1. The number of anilines is 1. The van der Waals surface area contributed by atoms with Gasteiger partial charge in [-0.25, -0.2) is 4.79 Å². The Kier molecular flexibility index (Phi) is 4.03. The van der Waals surface area contributed by atoms with Crippen molar-refractivity contribution < 1.29 is 19.8 Å². The van der Waals surface area contributed by atoms with Gasteiger partial charge in [0.1, 0.15) is 11.3 Å². The Morgan fingerprint density at radius 2 is 2.14 bits per heavy atom. The highest BCUT2D eigenvalue weighted by Crippen LogP contribution is 2.21. The summed E-state index contributed by atoms with van der Waals surface area (Å²) in [5.74, 6) is -2.04. The lowest BCUT2D eigenvalue weighted by Gasteiger charge is -2.05. The number of benzene rings is 1. The summed E-state index contributed by atoms with van der Waals surface area (Å²) in [6.07, 6.45) is 6.24. The molecular formula is C14H13N3O4. The number of nitrogens with zero attached hydrogens (tertiary/aromatic N) is 2. The van der Waals surface area contributed by atoms with Crippen LogP contribution in [0.2, 0.25) is 0 Å². The van der Waals surface area contributed by atoms with E-state index in [0.717, 1.165) is 5.56 Å². The molecule has 1 aromatic carbocycles. The van der Waals surface area contributed by atoms with Crippen LogP contribution < -0.4 is 5.32 Å². The molecule has 2 rings (SSSR count). The van der Waals surface area contributed by atoms with Crippen LogP contribution in [0.1, 0.15) is 15.9 Å². The number of aromatic hydroxyl groups is 1. The minimum atomic E-state index is -1.27. The van der Waals surface area contributed by atoms with Gasteiger partial charge in [0.15, 0.2) is 0 Å². The van der Waals surface area contributed by atoms with E-state index < -0.39 is 11.9 Å². The summed E-state index contributed by atoms with van der Waals surface area (Å²) in [5, 5.41) is 24.7. The fourth-order valence-electron chi connectivity index (χ4n) is 1.67. The highest BCUT2D eigenvalue weighted by molar-refractivity contribution is 6.02. The van der Waals surface area contributed by atoms with Crippen LogP contribution in [0, 0.1) is 0 Å². The zero-order valence-electron chi connectivity index (χ0n) is 11.1. The first-order valence-corrected chi connectivity index (χ1v) is 6.00. The summed E-state index contributed by atoms with van der Waals surface area (Å²) in [6, 6.07) is 3.81. The second kappa shape index (κ2) is 5.91. The van der Waals surface area contributed by atoms with Gasteiger partial charge in [-0.05, 0) is 24.3 Å². The Balaban J connectivity index is 2.07. The summed E-state index contributed by atoms with van der Waals surface area (Å²) in [4.78, 5) is 22.6. The number of phenols is 1. The number of aromatic nitrogens is 2. The van der Waals surface area contributed by atoms with Crippen LogP contribution in [0.25, 0.3) is 6.08 Å². The molecule has 1 aromatic heterocycles. The van der Waals surface area contributed by atoms with Crippen molar-refractivity contribution in [1.29, 1.82) is 0 Å². The number of nitrogens with one attached hydrogen (secondary N) is 1. The molecule has 0 saturated heterocycles. The number of carbonyl (C=O) groups excluding carboxylic acids is 1. The second-order valence-corrected chi connectivity index (χ2v) is 4.31. The number of carbonyl (C=O) groups is 2. The largest absolute Gasteiger partial charge is 0.507 e. The molecule has 1 heterocycles. The van der Waals surface area contributed by atoms with E-state index in [9.17, 15) is 14.7 Å². The molecule has 0 spiro atoms. The van der Waals surface area contributed by atoms with Crippen molar-refractivity contribution in [3.8, 4) is 5.75 Å². The molecule has 0 saturated carbocycles. The first-order chi connectivity index (χ1) is 9.95. The van der Waals surface area contributed by atoms with E-state index in [2.05, 4.69) is 10.4 Å². The van der Waals surface area contributed by atoms with Crippen molar-refractivity contribution >= 4 is 23.6 Å². The fourth-order valence-corrected chi connectivity index (χ4v) is 1.67. The number of hydrogen-bond donors (Lipinski definition) is 3. The average Bonchev–Trinajstić information content (AvgIpc) is 2.84. The number of aryl methyl sites for hydroxylation is 1. The summed E-state index contributed by atoms with van der Waals surface area (Å²) in [7, 11) is 1.77. The molecule has 0 aliphatic carbocycles. The highest BCUT2D eigenvalue weighted by Gasteiger charge is 2.10. The molecule has 7 heteroatoms. The van der Waals surface area contributed by atoms with Crippen LogP contribution in [0.15, 0.2) is 36.7 Å². The van der Waals surface area contributed by atoms with E-state index in [0.29, 0.717) is 0 Å². The van der Waals surface area contributed by atoms with E-state index in [-0.39, 0.29) is 17.0 Å². The number of carboxylic acid groups (broad SMARTS) is 1. The number of amides is 1. The first kappa shape index (κ1) is 14.3. The second-order valence-electron chi connectivity index (χ2n) is 4.31. The summed E-state index contributed by atoms with van der Waals surface area (Å²) in [6.45, 7) is 0. The molecule has 3 N–H and O–H groups in total. The van der Waals surface area contributed by atoms with Crippen molar-refractivity contribution in [2.24, 2.45) is 7.05 Å². The van der Waals surface area contributed by atoms with Crippen molar-refractivity contribution in [2.45, 2.75) is 0 Å². The van der Waals surface area contributed by atoms with Gasteiger partial charge in [0.25, 0.3) is 0 Å². The third-order valence-corrected chi connectivity index (χ3v) is 2.65. The Bertz CT molecular complexity index is 719. The molecule has 0 fully saturated rings. The standard InChI is InChI=1S/C14H13N3O4/c1-17-8-9(7-15-17)2-5-13(19)16-10-3-4-12(18)11(6-10)14(20)21/h2-8,18H,1H3,(H,16,19)(H,20,21)/b5-2+. The Hall–Kier alpha value is -3.09. The van der Waals surface area contributed by atoms with Crippen molar-refractivity contribution in [3.05, 3.63) is 47.8 Å². The molecule has 0 unspecified atom stereocenters. The molecular weight excluding hydrogens is 274 g/mol. The fraction of sp³-hybridized carbons (Fsp3) is 0.0714. The normalized spacial score (nSPS) is 10.7. The molecule has 0 aliphatic rings. The van der Waals surface area contributed by atoms with Gasteiger partial charge in [-0.3, -0.25) is 9.48 Å². The zero-order valence-corrected chi connectivity index (χ0v) is 11.1. The predicted molar refractivity (Wildman–Crippen MR) is 75.9 cm³/mol. The molecule has 21 heavy (non-hydrogen) atoms. The Morgan fingerprint density at radius 3 is 2.76 bits per heavy atom. The topological polar surface area (TPSA) is 104 Å². The van der Waals surface area contributed by atoms with Gasteiger partial charge in [-0.1, -0.05) is 0 Å². The number of rotatable bonds is 4. The van der Waals surface area contributed by atoms with Crippen LogP contribution in [0.4, 0.5) is 5.69 Å². The predicted octanol–water partition coefficient (Wildman–Crippen LogP) is 1.48. The maximum atomic E-state index is 11.7. The molecule has 2 aromatic rings. The van der Waals surface area contributed by atoms with E-state index in [1.807, 2.05) is 0 Å². The quantitative estimate of drug-likeness (QED) is 0.583. The maximum Gasteiger partial charge on any atom is 0.339 e. The number of carboxylic acids is 1. The highest BCUT2D eigenvalue weighted by atomic mass is 16.4. The smallest absolute Gasteiger partial charge is 0.339 e. The molecule has 1 amide bonds. The molecule has 0 radical (unpaired) electrons. The van der Waals surface area contributed by atoms with Crippen molar-refractivity contribution in [1.82, 2.24) is 9.78 Å². The summed E-state index contributed by atoms with van der Waals surface area (Å²) < 4.78 is 1.61. The third-order valence-electron chi connectivity index (χ3n) is 2.65. The van der Waals surface area contributed by atoms with Crippen molar-refractivity contribution in [3.63, 3.8) is 0 Å². The maximum absolute atomic E-state index is 11.7. The monoisotopic (exact) mass is 287 g/mol. The lowest BCUT2D eigenvalue weighted by Crippen LogP contribution is -2.08. The average molecular weight is 287 g/mol. The SMILES string of the molecule is Cn1cc(/C=C/C(=O)Nc2ccc(O)c(C(=O)O)c2)cn1.